The standard InChI is InChI=1S/C17H22N4O5S/c22-21(23)17-12-15(27(24,25)20-8-10-26-11-9-20)6-7-16(17)19-18-13-14-4-2-1-3-5-14/h1-2,6-7,12-14,19H,3-5,8-11H2/b18-13-/t14-/m1/s1. The molecule has 10 heteroatoms. The average Bonchev–Trinajstić information content (AvgIpc) is 2.69. The zero-order chi connectivity index (χ0) is 19.3. The molecule has 0 unspecified atom stereocenters. The number of hydrogen-bond donors (Lipinski definition) is 1. The molecule has 0 aromatic heterocycles. The van der Waals surface area contributed by atoms with E-state index in [-0.39, 0.29) is 29.4 Å². The van der Waals surface area contributed by atoms with E-state index in [1.807, 2.05) is 0 Å². The predicted octanol–water partition coefficient (Wildman–Crippen LogP) is 2.37. The lowest BCUT2D eigenvalue weighted by Crippen LogP contribution is -2.40. The predicted molar refractivity (Wildman–Crippen MR) is 101 cm³/mol. The van der Waals surface area contributed by atoms with Crippen LogP contribution in [0.5, 0.6) is 0 Å². The third-order valence-corrected chi connectivity index (χ3v) is 6.45. The van der Waals surface area contributed by atoms with Gasteiger partial charge in [-0.05, 0) is 37.3 Å². The smallest absolute Gasteiger partial charge is 0.295 e. The van der Waals surface area contributed by atoms with Crippen LogP contribution >= 0.6 is 0 Å². The van der Waals surface area contributed by atoms with Gasteiger partial charge in [-0.2, -0.15) is 9.41 Å². The van der Waals surface area contributed by atoms with Crippen LogP contribution in [-0.4, -0.2) is 50.2 Å². The molecule has 0 radical (unpaired) electrons. The highest BCUT2D eigenvalue weighted by molar-refractivity contribution is 7.89. The first-order chi connectivity index (χ1) is 13.0. The monoisotopic (exact) mass is 394 g/mol. The highest BCUT2D eigenvalue weighted by atomic mass is 32.2. The van der Waals surface area contributed by atoms with Gasteiger partial charge in [-0.15, -0.1) is 0 Å². The van der Waals surface area contributed by atoms with Gasteiger partial charge in [0.25, 0.3) is 5.69 Å². The van der Waals surface area contributed by atoms with E-state index in [0.717, 1.165) is 25.3 Å². The maximum Gasteiger partial charge on any atom is 0.295 e. The van der Waals surface area contributed by atoms with Crippen LogP contribution in [0.15, 0.2) is 40.3 Å². The summed E-state index contributed by atoms with van der Waals surface area (Å²) in [5.41, 5.74) is 2.50. The lowest BCUT2D eigenvalue weighted by molar-refractivity contribution is -0.384. The Balaban J connectivity index is 1.79. The number of morpholine rings is 1. The first kappa shape index (κ1) is 19.5. The number of nitrogens with zero attached hydrogens (tertiary/aromatic N) is 3. The molecule has 1 aliphatic carbocycles. The molecule has 1 heterocycles. The topological polar surface area (TPSA) is 114 Å². The minimum Gasteiger partial charge on any atom is -0.379 e. The van der Waals surface area contributed by atoms with Crippen LogP contribution in [0.4, 0.5) is 11.4 Å². The minimum absolute atomic E-state index is 0.108. The maximum atomic E-state index is 12.7. The van der Waals surface area contributed by atoms with Crippen molar-refractivity contribution in [3.8, 4) is 0 Å². The summed E-state index contributed by atoms with van der Waals surface area (Å²) in [6, 6.07) is 3.81. The number of hydrazone groups is 1. The van der Waals surface area contributed by atoms with Gasteiger partial charge in [-0.25, -0.2) is 8.42 Å². The largest absolute Gasteiger partial charge is 0.379 e. The van der Waals surface area contributed by atoms with Gasteiger partial charge < -0.3 is 4.74 Å². The highest BCUT2D eigenvalue weighted by Crippen LogP contribution is 2.29. The Bertz CT molecular complexity index is 847. The number of ether oxygens (including phenoxy) is 1. The Morgan fingerprint density at radius 2 is 2.07 bits per heavy atom. The number of allylic oxidation sites excluding steroid dienone is 2. The number of nitrogens with one attached hydrogen (secondary N) is 1. The molecule has 2 aliphatic rings. The Morgan fingerprint density at radius 1 is 1.30 bits per heavy atom. The molecule has 1 N–H and O–H groups in total. The van der Waals surface area contributed by atoms with E-state index in [1.165, 1.54) is 16.4 Å². The molecule has 1 atom stereocenters. The molecule has 1 fully saturated rings. The Morgan fingerprint density at radius 3 is 2.74 bits per heavy atom. The molecule has 1 aliphatic heterocycles. The van der Waals surface area contributed by atoms with E-state index in [0.29, 0.717) is 19.1 Å². The van der Waals surface area contributed by atoms with Crippen molar-refractivity contribution >= 4 is 27.6 Å². The molecular weight excluding hydrogens is 372 g/mol. The molecule has 146 valence electrons. The van der Waals surface area contributed by atoms with E-state index < -0.39 is 14.9 Å². The molecule has 0 bridgehead atoms. The number of nitro groups is 1. The number of sulfonamides is 1. The normalized spacial score (nSPS) is 21.4. The lowest BCUT2D eigenvalue weighted by atomic mass is 9.96. The third-order valence-electron chi connectivity index (χ3n) is 4.55. The van der Waals surface area contributed by atoms with Crippen LogP contribution in [0, 0.1) is 16.0 Å². The van der Waals surface area contributed by atoms with E-state index in [1.54, 1.807) is 6.21 Å². The van der Waals surface area contributed by atoms with Gasteiger partial charge in [0.2, 0.25) is 10.0 Å². The summed E-state index contributed by atoms with van der Waals surface area (Å²) in [6.07, 6.45) is 8.82. The fraction of sp³-hybridized carbons (Fsp3) is 0.471. The molecule has 1 aromatic rings. The van der Waals surface area contributed by atoms with E-state index in [9.17, 15) is 18.5 Å². The van der Waals surface area contributed by atoms with Crippen LogP contribution in [0.3, 0.4) is 0 Å². The second kappa shape index (κ2) is 8.59. The van der Waals surface area contributed by atoms with E-state index >= 15 is 0 Å². The van der Waals surface area contributed by atoms with Gasteiger partial charge in [0.1, 0.15) is 5.69 Å². The van der Waals surface area contributed by atoms with Crippen LogP contribution in [0.25, 0.3) is 0 Å². The SMILES string of the molecule is O=[N+]([O-])c1cc(S(=O)(=O)N2CCOCC2)ccc1N/N=C\[C@@H]1CC=CCC1. The average molecular weight is 394 g/mol. The van der Waals surface area contributed by atoms with Crippen molar-refractivity contribution in [2.75, 3.05) is 31.7 Å². The summed E-state index contributed by atoms with van der Waals surface area (Å²) >= 11 is 0. The number of benzene rings is 1. The van der Waals surface area contributed by atoms with Crippen LogP contribution in [0.2, 0.25) is 0 Å². The van der Waals surface area contributed by atoms with Crippen molar-refractivity contribution in [2.24, 2.45) is 11.0 Å². The van der Waals surface area contributed by atoms with E-state index in [2.05, 4.69) is 22.7 Å². The Kier molecular flexibility index (Phi) is 6.19. The van der Waals surface area contributed by atoms with Gasteiger partial charge in [0.05, 0.1) is 23.0 Å². The molecule has 9 nitrogen and oxygen atoms in total. The summed E-state index contributed by atoms with van der Waals surface area (Å²) in [5, 5.41) is 15.5. The highest BCUT2D eigenvalue weighted by Gasteiger charge is 2.28. The molecule has 1 saturated heterocycles. The molecule has 0 amide bonds. The molecule has 27 heavy (non-hydrogen) atoms. The van der Waals surface area contributed by atoms with Crippen molar-refractivity contribution in [3.63, 3.8) is 0 Å². The van der Waals surface area contributed by atoms with Crippen molar-refractivity contribution in [1.29, 1.82) is 0 Å². The Labute approximate surface area is 157 Å². The number of rotatable bonds is 6. The van der Waals surface area contributed by atoms with Crippen molar-refractivity contribution in [1.82, 2.24) is 4.31 Å². The summed E-state index contributed by atoms with van der Waals surface area (Å²) in [5.74, 6) is 0.294. The van der Waals surface area contributed by atoms with Crippen LogP contribution in [0.1, 0.15) is 19.3 Å². The summed E-state index contributed by atoms with van der Waals surface area (Å²) in [4.78, 5) is 10.7. The van der Waals surface area contributed by atoms with E-state index in [4.69, 9.17) is 4.74 Å². The number of nitro benzene ring substituents is 1. The van der Waals surface area contributed by atoms with Gasteiger partial charge in [0.15, 0.2) is 0 Å². The van der Waals surface area contributed by atoms with Gasteiger partial charge in [-0.1, -0.05) is 12.2 Å². The molecule has 0 spiro atoms. The summed E-state index contributed by atoms with van der Waals surface area (Å²) < 4.78 is 31.8. The fourth-order valence-corrected chi connectivity index (χ4v) is 4.45. The van der Waals surface area contributed by atoms with Gasteiger partial charge >= 0.3 is 0 Å². The second-order valence-corrected chi connectivity index (χ2v) is 8.32. The Hall–Kier alpha value is -2.30. The zero-order valence-electron chi connectivity index (χ0n) is 14.8. The summed E-state index contributed by atoms with van der Waals surface area (Å²) in [6.45, 7) is 1.09. The first-order valence-electron chi connectivity index (χ1n) is 8.79. The zero-order valence-corrected chi connectivity index (χ0v) is 15.6. The fourth-order valence-electron chi connectivity index (χ4n) is 3.02. The van der Waals surface area contributed by atoms with Crippen molar-refractivity contribution in [3.05, 3.63) is 40.5 Å². The second-order valence-electron chi connectivity index (χ2n) is 6.39. The molecule has 1 aromatic carbocycles. The minimum atomic E-state index is -3.80. The van der Waals surface area contributed by atoms with Gasteiger partial charge in [0, 0.05) is 25.4 Å². The maximum absolute atomic E-state index is 12.7. The quantitative estimate of drug-likeness (QED) is 0.343. The first-order valence-corrected chi connectivity index (χ1v) is 10.2. The molecule has 0 saturated carbocycles. The number of hydrogen-bond acceptors (Lipinski definition) is 7. The van der Waals surface area contributed by atoms with Crippen LogP contribution < -0.4 is 5.43 Å². The van der Waals surface area contributed by atoms with Gasteiger partial charge in [-0.3, -0.25) is 15.5 Å². The van der Waals surface area contributed by atoms with Crippen molar-refractivity contribution < 1.29 is 18.1 Å². The lowest BCUT2D eigenvalue weighted by Gasteiger charge is -2.26. The number of anilines is 1. The molecular formula is C17H22N4O5S. The van der Waals surface area contributed by atoms with Crippen LogP contribution in [-0.2, 0) is 14.8 Å². The summed E-state index contributed by atoms with van der Waals surface area (Å²) in [7, 11) is -3.80. The molecule has 3 rings (SSSR count). The third kappa shape index (κ3) is 4.71. The van der Waals surface area contributed by atoms with Crippen molar-refractivity contribution in [2.45, 2.75) is 24.2 Å².